The first-order valence-electron chi connectivity index (χ1n) is 8.08. The molecule has 0 bridgehead atoms. The van der Waals surface area contributed by atoms with Gasteiger partial charge in [-0.3, -0.25) is 0 Å². The minimum absolute atomic E-state index is 0.663. The van der Waals surface area contributed by atoms with Crippen molar-refractivity contribution in [2.75, 3.05) is 12.4 Å². The third kappa shape index (κ3) is 3.55. The topological polar surface area (TPSA) is 59.9 Å². The Balaban J connectivity index is 1.48. The summed E-state index contributed by atoms with van der Waals surface area (Å²) in [5.41, 5.74) is 3.84. The molecule has 6 heteroatoms. The van der Waals surface area contributed by atoms with E-state index in [1.165, 1.54) is 11.3 Å². The number of rotatable bonds is 5. The lowest BCUT2D eigenvalue weighted by Crippen LogP contribution is -1.96. The summed E-state index contributed by atoms with van der Waals surface area (Å²) in [6.07, 6.45) is 0. The van der Waals surface area contributed by atoms with Gasteiger partial charge >= 0.3 is 0 Å². The van der Waals surface area contributed by atoms with Crippen LogP contribution in [0.25, 0.3) is 22.5 Å². The Morgan fingerprint density at radius 3 is 2.27 bits per heavy atom. The van der Waals surface area contributed by atoms with Gasteiger partial charge in [-0.2, -0.15) is 0 Å². The Morgan fingerprint density at radius 1 is 0.808 bits per heavy atom. The normalized spacial score (nSPS) is 10.5. The number of ether oxygens (including phenoxy) is 1. The first kappa shape index (κ1) is 16.2. The van der Waals surface area contributed by atoms with Gasteiger partial charge in [0.2, 0.25) is 0 Å². The van der Waals surface area contributed by atoms with Crippen molar-refractivity contribution in [3.63, 3.8) is 0 Å². The van der Waals surface area contributed by atoms with E-state index in [-0.39, 0.29) is 0 Å². The number of nitrogens with zero attached hydrogens (tertiary/aromatic N) is 3. The fourth-order valence-electron chi connectivity index (χ4n) is 2.50. The minimum atomic E-state index is 0.663. The van der Waals surface area contributed by atoms with Gasteiger partial charge in [0.1, 0.15) is 5.75 Å². The summed E-state index contributed by atoms with van der Waals surface area (Å²) in [6, 6.07) is 21.7. The fraction of sp³-hybridized carbons (Fsp3) is 0.0500. The van der Waals surface area contributed by atoms with Crippen molar-refractivity contribution in [2.45, 2.75) is 0 Å². The van der Waals surface area contributed by atoms with Crippen LogP contribution in [0.4, 0.5) is 10.9 Å². The van der Waals surface area contributed by atoms with Crippen LogP contribution < -0.4 is 10.1 Å². The number of benzene rings is 2. The molecule has 0 saturated carbocycles. The Labute approximate surface area is 155 Å². The van der Waals surface area contributed by atoms with Crippen molar-refractivity contribution in [1.29, 1.82) is 0 Å². The molecule has 128 valence electrons. The van der Waals surface area contributed by atoms with Crippen LogP contribution in [0.15, 0.2) is 72.1 Å². The first-order chi connectivity index (χ1) is 12.8. The van der Waals surface area contributed by atoms with E-state index < -0.39 is 0 Å². The van der Waals surface area contributed by atoms with Crippen LogP contribution in [0, 0.1) is 0 Å². The maximum atomic E-state index is 5.17. The van der Waals surface area contributed by atoms with Crippen LogP contribution in [-0.4, -0.2) is 22.3 Å². The van der Waals surface area contributed by atoms with Crippen LogP contribution in [0.3, 0.4) is 0 Å². The van der Waals surface area contributed by atoms with Gasteiger partial charge in [-0.05, 0) is 36.4 Å². The zero-order valence-electron chi connectivity index (χ0n) is 14.1. The summed E-state index contributed by atoms with van der Waals surface area (Å²) in [6.45, 7) is 0. The maximum absolute atomic E-state index is 5.17. The van der Waals surface area contributed by atoms with Crippen molar-refractivity contribution in [3.05, 3.63) is 72.1 Å². The van der Waals surface area contributed by atoms with Gasteiger partial charge in [-0.1, -0.05) is 30.3 Å². The molecule has 4 rings (SSSR count). The van der Waals surface area contributed by atoms with E-state index in [0.717, 1.165) is 33.4 Å². The highest BCUT2D eigenvalue weighted by Crippen LogP contribution is 2.27. The predicted octanol–water partition coefficient (Wildman–Crippen LogP) is 5.02. The van der Waals surface area contributed by atoms with Crippen molar-refractivity contribution in [1.82, 2.24) is 15.2 Å². The molecule has 2 heterocycles. The molecule has 2 aromatic carbocycles. The Hall–Kier alpha value is -3.25. The van der Waals surface area contributed by atoms with E-state index in [0.29, 0.717) is 5.82 Å². The molecule has 2 aromatic heterocycles. The fourth-order valence-corrected chi connectivity index (χ4v) is 3.22. The molecule has 4 aromatic rings. The average molecular weight is 360 g/mol. The molecule has 0 spiro atoms. The second kappa shape index (κ2) is 7.33. The smallest absolute Gasteiger partial charge is 0.188 e. The van der Waals surface area contributed by atoms with Crippen molar-refractivity contribution >= 4 is 22.3 Å². The van der Waals surface area contributed by atoms with Gasteiger partial charge in [-0.25, -0.2) is 4.98 Å². The lowest BCUT2D eigenvalue weighted by molar-refractivity contribution is 0.415. The van der Waals surface area contributed by atoms with E-state index in [9.17, 15) is 0 Å². The largest absolute Gasteiger partial charge is 0.497 e. The van der Waals surface area contributed by atoms with E-state index in [1.54, 1.807) is 7.11 Å². The van der Waals surface area contributed by atoms with E-state index in [2.05, 4.69) is 20.5 Å². The van der Waals surface area contributed by atoms with Crippen molar-refractivity contribution < 1.29 is 4.74 Å². The first-order valence-corrected chi connectivity index (χ1v) is 8.96. The Bertz CT molecular complexity index is 983. The number of aromatic nitrogens is 3. The number of hydrogen-bond acceptors (Lipinski definition) is 6. The van der Waals surface area contributed by atoms with Gasteiger partial charge in [0.25, 0.3) is 0 Å². The maximum Gasteiger partial charge on any atom is 0.188 e. The lowest BCUT2D eigenvalue weighted by atomic mass is 10.1. The number of methoxy groups -OCH3 is 1. The van der Waals surface area contributed by atoms with Gasteiger partial charge in [0, 0.05) is 16.5 Å². The highest BCUT2D eigenvalue weighted by Gasteiger charge is 2.06. The van der Waals surface area contributed by atoms with Gasteiger partial charge in [-0.15, -0.1) is 21.5 Å². The molecule has 0 aliphatic rings. The second-order valence-electron chi connectivity index (χ2n) is 5.56. The summed E-state index contributed by atoms with van der Waals surface area (Å²) in [5, 5.41) is 14.6. The molecule has 1 N–H and O–H groups in total. The zero-order valence-corrected chi connectivity index (χ0v) is 14.9. The number of nitrogens with one attached hydrogen (secondary N) is 1. The molecule has 0 radical (unpaired) electrons. The quantitative estimate of drug-likeness (QED) is 0.541. The molecule has 5 nitrogen and oxygen atoms in total. The lowest BCUT2D eigenvalue weighted by Gasteiger charge is -2.04. The summed E-state index contributed by atoms with van der Waals surface area (Å²) in [5.74, 6) is 1.48. The van der Waals surface area contributed by atoms with Crippen molar-refractivity contribution in [2.24, 2.45) is 0 Å². The molecule has 0 aliphatic carbocycles. The molecular formula is C20H16N4OS. The Morgan fingerprint density at radius 2 is 1.58 bits per heavy atom. The molecule has 0 aliphatic heterocycles. The van der Waals surface area contributed by atoms with Crippen LogP contribution >= 0.6 is 11.3 Å². The molecule has 0 atom stereocenters. The van der Waals surface area contributed by atoms with Crippen LogP contribution in [-0.2, 0) is 0 Å². The summed E-state index contributed by atoms with van der Waals surface area (Å²) >= 11 is 1.54. The van der Waals surface area contributed by atoms with Crippen molar-refractivity contribution in [3.8, 4) is 28.3 Å². The molecule has 0 fully saturated rings. The van der Waals surface area contributed by atoms with Crippen LogP contribution in [0.2, 0.25) is 0 Å². The molecular weight excluding hydrogens is 344 g/mol. The Kier molecular flexibility index (Phi) is 4.57. The number of thiazole rings is 1. The molecule has 0 saturated heterocycles. The SMILES string of the molecule is COc1ccc(-c2ccc(Nc3nc(-c4ccccc4)cs3)nn2)cc1. The average Bonchev–Trinajstić information content (AvgIpc) is 3.18. The number of hydrogen-bond donors (Lipinski definition) is 1. The highest BCUT2D eigenvalue weighted by atomic mass is 32.1. The van der Waals surface area contributed by atoms with Gasteiger partial charge < -0.3 is 10.1 Å². The minimum Gasteiger partial charge on any atom is -0.497 e. The van der Waals surface area contributed by atoms with E-state index >= 15 is 0 Å². The van der Waals surface area contributed by atoms with Crippen LogP contribution in [0.5, 0.6) is 5.75 Å². The van der Waals surface area contributed by atoms with E-state index in [4.69, 9.17) is 4.74 Å². The van der Waals surface area contributed by atoms with Gasteiger partial charge in [0.05, 0.1) is 18.5 Å². The molecule has 0 amide bonds. The highest BCUT2D eigenvalue weighted by molar-refractivity contribution is 7.14. The van der Waals surface area contributed by atoms with Gasteiger partial charge in [0.15, 0.2) is 10.9 Å². The monoisotopic (exact) mass is 360 g/mol. The van der Waals surface area contributed by atoms with E-state index in [1.807, 2.05) is 72.1 Å². The third-order valence-electron chi connectivity index (χ3n) is 3.86. The summed E-state index contributed by atoms with van der Waals surface area (Å²) < 4.78 is 5.17. The second-order valence-corrected chi connectivity index (χ2v) is 6.42. The van der Waals surface area contributed by atoms with Crippen LogP contribution in [0.1, 0.15) is 0 Å². The summed E-state index contributed by atoms with van der Waals surface area (Å²) in [4.78, 5) is 4.60. The third-order valence-corrected chi connectivity index (χ3v) is 4.62. The predicted molar refractivity (Wildman–Crippen MR) is 105 cm³/mol. The standard InChI is InChI=1S/C20H16N4OS/c1-25-16-9-7-15(8-10-16)17-11-12-19(24-23-17)22-20-21-18(13-26-20)14-5-3-2-4-6-14/h2-13H,1H3,(H,21,22,24). The number of anilines is 2. The zero-order chi connectivity index (χ0) is 17.8. The molecule has 0 unspecified atom stereocenters. The summed E-state index contributed by atoms with van der Waals surface area (Å²) in [7, 11) is 1.65. The molecule has 26 heavy (non-hydrogen) atoms.